The van der Waals surface area contributed by atoms with Crippen molar-refractivity contribution < 1.29 is 37.4 Å². The maximum Gasteiger partial charge on any atom is 0.443 e. The van der Waals surface area contributed by atoms with Gasteiger partial charge in [0.05, 0.1) is 0 Å². The van der Waals surface area contributed by atoms with Crippen LogP contribution in [0.4, 0.5) is 18.0 Å². The van der Waals surface area contributed by atoms with Crippen molar-refractivity contribution in [3.8, 4) is 0 Å². The summed E-state index contributed by atoms with van der Waals surface area (Å²) in [6.45, 7) is -0.155. The number of aliphatic hydroxyl groups is 1. The number of rotatable bonds is 6. The number of ether oxygens (including phenoxy) is 1. The van der Waals surface area contributed by atoms with E-state index in [1.165, 1.54) is 24.3 Å². The lowest BCUT2D eigenvalue weighted by molar-refractivity contribution is -0.235. The maximum atomic E-state index is 13.6. The van der Waals surface area contributed by atoms with E-state index in [9.17, 15) is 27.9 Å². The van der Waals surface area contributed by atoms with E-state index >= 15 is 0 Å². The van der Waals surface area contributed by atoms with Crippen molar-refractivity contribution in [2.45, 2.75) is 24.7 Å². The molecule has 160 valence electrons. The third-order valence-corrected chi connectivity index (χ3v) is 4.80. The van der Waals surface area contributed by atoms with Crippen LogP contribution in [0.15, 0.2) is 54.6 Å². The molecule has 1 aliphatic heterocycles. The van der Waals surface area contributed by atoms with Gasteiger partial charge in [0.2, 0.25) is 0 Å². The number of hydrogen-bond donors (Lipinski definition) is 1. The number of carbonyl (C=O) groups is 2. The zero-order valence-corrected chi connectivity index (χ0v) is 16.1. The largest absolute Gasteiger partial charge is 0.445 e. The molecule has 0 bridgehead atoms. The van der Waals surface area contributed by atoms with E-state index in [-0.39, 0.29) is 23.6 Å². The van der Waals surface area contributed by atoms with Crippen molar-refractivity contribution >= 4 is 23.7 Å². The molecule has 10 heteroatoms. The molecule has 30 heavy (non-hydrogen) atoms. The highest BCUT2D eigenvalue weighted by Gasteiger charge is 2.53. The Balaban J connectivity index is 1.78. The summed E-state index contributed by atoms with van der Waals surface area (Å²) in [5, 5.41) is 11.0. The number of cyclic esters (lactones) is 1. The lowest BCUT2D eigenvalue weighted by Crippen LogP contribution is -2.43. The van der Waals surface area contributed by atoms with Crippen LogP contribution in [0.3, 0.4) is 0 Å². The number of halogens is 4. The number of aliphatic hydroxyl groups excluding tert-OH is 1. The van der Waals surface area contributed by atoms with Crippen LogP contribution >= 0.6 is 11.6 Å². The van der Waals surface area contributed by atoms with Gasteiger partial charge in [-0.3, -0.25) is 0 Å². The van der Waals surface area contributed by atoms with Crippen LogP contribution < -0.4 is 0 Å². The van der Waals surface area contributed by atoms with Crippen LogP contribution in [0.1, 0.15) is 17.2 Å². The topological polar surface area (TPSA) is 76.1 Å². The van der Waals surface area contributed by atoms with Crippen molar-refractivity contribution in [1.82, 2.24) is 5.06 Å². The van der Waals surface area contributed by atoms with Crippen LogP contribution in [0.5, 0.6) is 0 Å². The molecule has 1 N–H and O–H groups in total. The van der Waals surface area contributed by atoms with Crippen LogP contribution in [0, 0.1) is 5.92 Å². The molecule has 1 heterocycles. The summed E-state index contributed by atoms with van der Waals surface area (Å²) in [6.07, 6.45) is -8.25. The Bertz CT molecular complexity index is 892. The van der Waals surface area contributed by atoms with Crippen LogP contribution in [-0.2, 0) is 20.8 Å². The molecular formula is C20H17ClF3NO5. The normalized spacial score (nSPS) is 18.6. The minimum atomic E-state index is -5.13. The van der Waals surface area contributed by atoms with Gasteiger partial charge in [0.1, 0.15) is 18.8 Å². The zero-order chi connectivity index (χ0) is 21.9. The van der Waals surface area contributed by atoms with Gasteiger partial charge in [0.25, 0.3) is 0 Å². The summed E-state index contributed by atoms with van der Waals surface area (Å²) in [7, 11) is 0. The Kier molecular flexibility index (Phi) is 6.52. The molecule has 1 saturated heterocycles. The number of alkyl halides is 3. The zero-order valence-electron chi connectivity index (χ0n) is 15.4. The number of amides is 1. The van der Waals surface area contributed by atoms with Crippen LogP contribution in [-0.4, -0.2) is 41.1 Å². The third kappa shape index (κ3) is 5.03. The predicted molar refractivity (Wildman–Crippen MR) is 99.2 cm³/mol. The van der Waals surface area contributed by atoms with Gasteiger partial charge < -0.3 is 14.7 Å². The molecule has 0 spiro atoms. The molecule has 2 aromatic rings. The van der Waals surface area contributed by atoms with Gasteiger partial charge in [-0.05, 0) is 29.7 Å². The molecule has 1 amide bonds. The summed E-state index contributed by atoms with van der Waals surface area (Å²) in [6, 6.07) is 12.9. The molecule has 0 aliphatic carbocycles. The van der Waals surface area contributed by atoms with Crippen LogP contribution in [0.25, 0.3) is 0 Å². The fraction of sp³-hybridized carbons (Fsp3) is 0.300. The van der Waals surface area contributed by atoms with E-state index in [0.29, 0.717) is 5.06 Å². The van der Waals surface area contributed by atoms with Crippen molar-refractivity contribution in [3.63, 3.8) is 0 Å². The molecule has 0 saturated carbocycles. The second-order valence-corrected chi connectivity index (χ2v) is 7.11. The van der Waals surface area contributed by atoms with Crippen molar-refractivity contribution in [1.29, 1.82) is 0 Å². The number of nitrogens with zero attached hydrogens (tertiary/aromatic N) is 1. The number of carbonyl (C=O) groups excluding carboxylic acids is 2. The Morgan fingerprint density at radius 1 is 1.20 bits per heavy atom. The molecular weight excluding hydrogens is 427 g/mol. The molecule has 0 radical (unpaired) electrons. The van der Waals surface area contributed by atoms with Crippen molar-refractivity contribution in [2.75, 3.05) is 6.61 Å². The van der Waals surface area contributed by atoms with E-state index in [0.717, 1.165) is 5.56 Å². The molecule has 3 atom stereocenters. The summed E-state index contributed by atoms with van der Waals surface area (Å²) >= 11 is 5.71. The number of hydrogen-bond acceptors (Lipinski definition) is 5. The van der Waals surface area contributed by atoms with Gasteiger partial charge in [0.15, 0.2) is 5.92 Å². The maximum absolute atomic E-state index is 13.6. The molecule has 1 fully saturated rings. The average molecular weight is 444 g/mol. The van der Waals surface area contributed by atoms with Crippen molar-refractivity contribution in [2.24, 2.45) is 5.92 Å². The Labute approximate surface area is 174 Å². The first-order valence-electron chi connectivity index (χ1n) is 8.89. The monoisotopic (exact) mass is 443 g/mol. The molecule has 0 aromatic heterocycles. The molecule has 2 aromatic carbocycles. The highest BCUT2D eigenvalue weighted by atomic mass is 35.5. The summed E-state index contributed by atoms with van der Waals surface area (Å²) in [5.41, 5.74) is 0.596. The average Bonchev–Trinajstić information content (AvgIpc) is 3.01. The summed E-state index contributed by atoms with van der Waals surface area (Å²) < 4.78 is 45.6. The van der Waals surface area contributed by atoms with E-state index in [1.54, 1.807) is 30.3 Å². The van der Waals surface area contributed by atoms with Gasteiger partial charge in [-0.25, -0.2) is 9.59 Å². The fourth-order valence-corrected chi connectivity index (χ4v) is 3.16. The molecule has 1 aliphatic rings. The molecule has 3 rings (SSSR count). The summed E-state index contributed by atoms with van der Waals surface area (Å²) in [4.78, 5) is 29.1. The number of benzene rings is 2. The van der Waals surface area contributed by atoms with Crippen molar-refractivity contribution in [3.05, 3.63) is 70.7 Å². The first-order chi connectivity index (χ1) is 14.2. The summed E-state index contributed by atoms with van der Waals surface area (Å²) in [5.74, 6) is -4.73. The second-order valence-electron chi connectivity index (χ2n) is 6.67. The fourth-order valence-electron chi connectivity index (χ4n) is 3.04. The second kappa shape index (κ2) is 8.93. The highest BCUT2D eigenvalue weighted by molar-refractivity contribution is 6.30. The Hall–Kier alpha value is -2.78. The minimum Gasteiger partial charge on any atom is -0.445 e. The quantitative estimate of drug-likeness (QED) is 0.728. The van der Waals surface area contributed by atoms with Crippen LogP contribution in [0.2, 0.25) is 5.02 Å². The van der Waals surface area contributed by atoms with E-state index in [2.05, 4.69) is 0 Å². The minimum absolute atomic E-state index is 0.155. The van der Waals surface area contributed by atoms with Gasteiger partial charge in [-0.2, -0.15) is 13.2 Å². The molecule has 6 nitrogen and oxygen atoms in total. The first kappa shape index (κ1) is 21.9. The standard InChI is InChI=1S/C20H17ClF3NO5/c21-14-8-6-13(7-9-14)17(26)16(20(22,23)24)18(27)30-25-15(11-29-19(25)28)10-12-4-2-1-3-5-12/h1-9,15-17,26H,10-11H2/t15-,16-,17+/m0/s1. The Morgan fingerprint density at radius 3 is 2.43 bits per heavy atom. The smallest absolute Gasteiger partial charge is 0.443 e. The van der Waals surface area contributed by atoms with E-state index < -0.39 is 36.3 Å². The third-order valence-electron chi connectivity index (χ3n) is 4.55. The van der Waals surface area contributed by atoms with E-state index in [1.807, 2.05) is 0 Å². The first-order valence-corrected chi connectivity index (χ1v) is 9.26. The lowest BCUT2D eigenvalue weighted by atomic mass is 9.95. The Morgan fingerprint density at radius 2 is 1.83 bits per heavy atom. The highest BCUT2D eigenvalue weighted by Crippen LogP contribution is 2.38. The van der Waals surface area contributed by atoms with Gasteiger partial charge in [-0.15, -0.1) is 5.06 Å². The molecule has 0 unspecified atom stereocenters. The predicted octanol–water partition coefficient (Wildman–Crippen LogP) is 4.07. The van der Waals surface area contributed by atoms with E-state index in [4.69, 9.17) is 21.2 Å². The van der Waals surface area contributed by atoms with Gasteiger partial charge >= 0.3 is 18.2 Å². The van der Waals surface area contributed by atoms with Gasteiger partial charge in [0, 0.05) is 5.02 Å². The number of hydroxylamine groups is 2. The lowest BCUT2D eigenvalue weighted by Gasteiger charge is -2.27. The van der Waals surface area contributed by atoms with Gasteiger partial charge in [-0.1, -0.05) is 54.1 Å². The SMILES string of the molecule is O=C(ON1C(=O)OC[C@@H]1Cc1ccccc1)[C@H]([C@H](O)c1ccc(Cl)cc1)C(F)(F)F.